The summed E-state index contributed by atoms with van der Waals surface area (Å²) in [5, 5.41) is 0. The highest BCUT2D eigenvalue weighted by Gasteiger charge is 2.09. The van der Waals surface area contributed by atoms with E-state index in [0.717, 1.165) is 24.2 Å². The van der Waals surface area contributed by atoms with Gasteiger partial charge in [0.2, 0.25) is 0 Å². The van der Waals surface area contributed by atoms with Crippen LogP contribution >= 0.6 is 0 Å². The van der Waals surface area contributed by atoms with Gasteiger partial charge in [0.25, 0.3) is 0 Å². The van der Waals surface area contributed by atoms with E-state index in [9.17, 15) is 4.39 Å². The van der Waals surface area contributed by atoms with E-state index in [1.54, 1.807) is 6.07 Å². The quantitative estimate of drug-likeness (QED) is 0.850. The highest BCUT2D eigenvalue weighted by molar-refractivity contribution is 5.47. The van der Waals surface area contributed by atoms with E-state index in [-0.39, 0.29) is 11.6 Å². The van der Waals surface area contributed by atoms with Gasteiger partial charge in [-0.1, -0.05) is 24.3 Å². The molecule has 3 nitrogen and oxygen atoms in total. The average Bonchev–Trinajstić information content (AvgIpc) is 2.52. The first kappa shape index (κ1) is 15.3. The summed E-state index contributed by atoms with van der Waals surface area (Å²) in [4.78, 5) is 2.20. The van der Waals surface area contributed by atoms with Crippen LogP contribution in [0.1, 0.15) is 12.0 Å². The number of halogens is 1. The van der Waals surface area contributed by atoms with Crippen molar-refractivity contribution in [1.82, 2.24) is 0 Å². The van der Waals surface area contributed by atoms with E-state index in [1.807, 2.05) is 24.3 Å². The zero-order chi connectivity index (χ0) is 15.1. The fourth-order valence-corrected chi connectivity index (χ4v) is 2.25. The Kier molecular flexibility index (Phi) is 5.58. The van der Waals surface area contributed by atoms with Gasteiger partial charge >= 0.3 is 0 Å². The van der Waals surface area contributed by atoms with Gasteiger partial charge in [0.15, 0.2) is 11.6 Å². The number of rotatable bonds is 7. The minimum absolute atomic E-state index is 0.270. The molecule has 0 fully saturated rings. The summed E-state index contributed by atoms with van der Waals surface area (Å²) in [6, 6.07) is 15.2. The van der Waals surface area contributed by atoms with Crippen LogP contribution in [0.4, 0.5) is 10.1 Å². The fraction of sp³-hybridized carbons (Fsp3) is 0.294. The van der Waals surface area contributed by atoms with Crippen LogP contribution < -0.4 is 15.4 Å². The lowest BCUT2D eigenvalue weighted by molar-refractivity contribution is 0.386. The first-order valence-electron chi connectivity index (χ1n) is 7.07. The van der Waals surface area contributed by atoms with E-state index in [2.05, 4.69) is 17.0 Å². The molecule has 0 aliphatic heterocycles. The molecule has 0 radical (unpaired) electrons. The first-order chi connectivity index (χ1) is 10.2. The Morgan fingerprint density at radius 1 is 1.14 bits per heavy atom. The standard InChI is InChI=1S/C17H21FN2O/c1-21-17-9-8-14(12-16(17)18)13-20(11-5-10-19)15-6-3-2-4-7-15/h2-4,6-9,12H,5,10-11,13,19H2,1H3. The van der Waals surface area contributed by atoms with Crippen LogP contribution in [0, 0.1) is 5.82 Å². The molecule has 0 saturated heterocycles. The largest absolute Gasteiger partial charge is 0.494 e. The highest BCUT2D eigenvalue weighted by atomic mass is 19.1. The van der Waals surface area contributed by atoms with Crippen LogP contribution in [0.5, 0.6) is 5.75 Å². The molecule has 0 amide bonds. The minimum Gasteiger partial charge on any atom is -0.494 e. The van der Waals surface area contributed by atoms with Crippen molar-refractivity contribution in [1.29, 1.82) is 0 Å². The number of ether oxygens (including phenoxy) is 1. The monoisotopic (exact) mass is 288 g/mol. The Labute approximate surface area is 125 Å². The summed E-state index contributed by atoms with van der Waals surface area (Å²) in [5.41, 5.74) is 7.63. The molecule has 4 heteroatoms. The molecule has 0 spiro atoms. The highest BCUT2D eigenvalue weighted by Crippen LogP contribution is 2.21. The van der Waals surface area contributed by atoms with Gasteiger partial charge in [-0.2, -0.15) is 0 Å². The Hall–Kier alpha value is -2.07. The summed E-state index contributed by atoms with van der Waals surface area (Å²) >= 11 is 0. The summed E-state index contributed by atoms with van der Waals surface area (Å²) < 4.78 is 18.7. The van der Waals surface area contributed by atoms with Crippen LogP contribution in [0.2, 0.25) is 0 Å². The van der Waals surface area contributed by atoms with E-state index >= 15 is 0 Å². The molecular formula is C17H21FN2O. The molecule has 112 valence electrons. The first-order valence-corrected chi connectivity index (χ1v) is 7.07. The minimum atomic E-state index is -0.332. The number of para-hydroxylation sites is 1. The van der Waals surface area contributed by atoms with Crippen molar-refractivity contribution in [2.24, 2.45) is 5.73 Å². The number of nitrogens with two attached hydrogens (primary N) is 1. The number of benzene rings is 2. The van der Waals surface area contributed by atoms with E-state index in [4.69, 9.17) is 10.5 Å². The molecule has 0 aliphatic rings. The Morgan fingerprint density at radius 3 is 2.52 bits per heavy atom. The van der Waals surface area contributed by atoms with Crippen LogP contribution in [-0.2, 0) is 6.54 Å². The van der Waals surface area contributed by atoms with Gasteiger partial charge in [-0.3, -0.25) is 0 Å². The maximum atomic E-state index is 13.8. The van der Waals surface area contributed by atoms with Crippen molar-refractivity contribution in [2.45, 2.75) is 13.0 Å². The second-order valence-electron chi connectivity index (χ2n) is 4.87. The lowest BCUT2D eigenvalue weighted by Crippen LogP contribution is -2.25. The van der Waals surface area contributed by atoms with E-state index < -0.39 is 0 Å². The molecule has 0 aromatic heterocycles. The number of nitrogens with zero attached hydrogens (tertiary/aromatic N) is 1. The normalized spacial score (nSPS) is 10.4. The van der Waals surface area contributed by atoms with Gasteiger partial charge in [-0.15, -0.1) is 0 Å². The second kappa shape index (κ2) is 7.64. The summed E-state index contributed by atoms with van der Waals surface area (Å²) in [7, 11) is 1.47. The summed E-state index contributed by atoms with van der Waals surface area (Å²) in [6.07, 6.45) is 0.896. The van der Waals surface area contributed by atoms with Crippen molar-refractivity contribution in [3.05, 3.63) is 59.9 Å². The third-order valence-electron chi connectivity index (χ3n) is 3.34. The van der Waals surface area contributed by atoms with Crippen molar-refractivity contribution >= 4 is 5.69 Å². The average molecular weight is 288 g/mol. The van der Waals surface area contributed by atoms with Gasteiger partial charge in [0, 0.05) is 18.8 Å². The third kappa shape index (κ3) is 4.20. The molecule has 21 heavy (non-hydrogen) atoms. The molecule has 2 N–H and O–H groups in total. The lowest BCUT2D eigenvalue weighted by atomic mass is 10.1. The van der Waals surface area contributed by atoms with Gasteiger partial charge in [-0.05, 0) is 42.8 Å². The van der Waals surface area contributed by atoms with Crippen LogP contribution in [-0.4, -0.2) is 20.2 Å². The molecule has 0 saturated carbocycles. The Bertz CT molecular complexity index is 560. The predicted octanol–water partition coefficient (Wildman–Crippen LogP) is 3.19. The molecule has 0 aliphatic carbocycles. The van der Waals surface area contributed by atoms with E-state index in [1.165, 1.54) is 13.2 Å². The maximum absolute atomic E-state index is 13.8. The summed E-state index contributed by atoms with van der Waals surface area (Å²) in [5.74, 6) is -0.0613. The fourth-order valence-electron chi connectivity index (χ4n) is 2.25. The molecule has 0 unspecified atom stereocenters. The second-order valence-corrected chi connectivity index (χ2v) is 4.87. The molecule has 2 rings (SSSR count). The number of anilines is 1. The predicted molar refractivity (Wildman–Crippen MR) is 84.1 cm³/mol. The van der Waals surface area contributed by atoms with Gasteiger partial charge in [0.05, 0.1) is 7.11 Å². The lowest BCUT2D eigenvalue weighted by Gasteiger charge is -2.25. The SMILES string of the molecule is COc1ccc(CN(CCCN)c2ccccc2)cc1F. The molecular weight excluding hydrogens is 267 g/mol. The van der Waals surface area contributed by atoms with Gasteiger partial charge in [-0.25, -0.2) is 4.39 Å². The summed E-state index contributed by atoms with van der Waals surface area (Å²) in [6.45, 7) is 2.12. The Morgan fingerprint density at radius 2 is 1.90 bits per heavy atom. The smallest absolute Gasteiger partial charge is 0.165 e. The zero-order valence-corrected chi connectivity index (χ0v) is 12.3. The van der Waals surface area contributed by atoms with Crippen molar-refractivity contribution in [2.75, 3.05) is 25.1 Å². The maximum Gasteiger partial charge on any atom is 0.165 e. The molecule has 2 aromatic rings. The van der Waals surface area contributed by atoms with Crippen molar-refractivity contribution in [3.63, 3.8) is 0 Å². The third-order valence-corrected chi connectivity index (χ3v) is 3.34. The van der Waals surface area contributed by atoms with Crippen LogP contribution in [0.15, 0.2) is 48.5 Å². The topological polar surface area (TPSA) is 38.5 Å². The number of hydrogen-bond acceptors (Lipinski definition) is 3. The zero-order valence-electron chi connectivity index (χ0n) is 12.3. The number of methoxy groups -OCH3 is 1. The van der Waals surface area contributed by atoms with Gasteiger partial charge in [0.1, 0.15) is 0 Å². The Balaban J connectivity index is 2.16. The molecule has 2 aromatic carbocycles. The number of hydrogen-bond donors (Lipinski definition) is 1. The van der Waals surface area contributed by atoms with E-state index in [0.29, 0.717) is 13.1 Å². The molecule has 0 heterocycles. The van der Waals surface area contributed by atoms with Crippen LogP contribution in [0.3, 0.4) is 0 Å². The van der Waals surface area contributed by atoms with Crippen molar-refractivity contribution in [3.8, 4) is 5.75 Å². The molecule has 0 bridgehead atoms. The van der Waals surface area contributed by atoms with Crippen molar-refractivity contribution < 1.29 is 9.13 Å². The van der Waals surface area contributed by atoms with Gasteiger partial charge < -0.3 is 15.4 Å². The molecule has 0 atom stereocenters. The van der Waals surface area contributed by atoms with Crippen LogP contribution in [0.25, 0.3) is 0 Å².